The highest BCUT2D eigenvalue weighted by molar-refractivity contribution is 5.45. The molecule has 6 nitrogen and oxygen atoms in total. The predicted octanol–water partition coefficient (Wildman–Crippen LogP) is 2.81. The molecule has 1 N–H and O–H groups in total. The fraction of sp³-hybridized carbons (Fsp3) is 0.167. The van der Waals surface area contributed by atoms with E-state index < -0.39 is 4.92 Å². The van der Waals surface area contributed by atoms with Gasteiger partial charge in [0, 0.05) is 12.7 Å². The molecule has 94 valence electrons. The third kappa shape index (κ3) is 2.79. The molecule has 2 rings (SSSR count). The van der Waals surface area contributed by atoms with E-state index in [1.54, 1.807) is 0 Å². The Bertz CT molecular complexity index is 533. The number of anilines is 1. The highest BCUT2D eigenvalue weighted by atomic mass is 16.6. The fourth-order valence-electron chi connectivity index (χ4n) is 1.41. The molecule has 18 heavy (non-hydrogen) atoms. The Morgan fingerprint density at radius 3 is 2.56 bits per heavy atom. The zero-order valence-corrected chi connectivity index (χ0v) is 9.75. The minimum atomic E-state index is -0.578. The maximum Gasteiger partial charge on any atom is 0.433 e. The Balaban J connectivity index is 1.95. The number of furan rings is 1. The molecule has 0 aliphatic carbocycles. The third-order valence-electron chi connectivity index (χ3n) is 2.35. The maximum absolute atomic E-state index is 10.4. The van der Waals surface area contributed by atoms with Crippen LogP contribution >= 0.6 is 0 Å². The van der Waals surface area contributed by atoms with Crippen molar-refractivity contribution in [2.75, 3.05) is 12.4 Å². The largest absolute Gasteiger partial charge is 0.486 e. The summed E-state index contributed by atoms with van der Waals surface area (Å²) < 4.78 is 10.4. The molecule has 1 heterocycles. The minimum Gasteiger partial charge on any atom is -0.486 e. The zero-order chi connectivity index (χ0) is 13.0. The van der Waals surface area contributed by atoms with Crippen molar-refractivity contribution in [1.82, 2.24) is 0 Å². The average molecular weight is 248 g/mol. The maximum atomic E-state index is 10.4. The summed E-state index contributed by atoms with van der Waals surface area (Å²) in [5, 5.41) is 13.4. The van der Waals surface area contributed by atoms with E-state index in [-0.39, 0.29) is 12.5 Å². The summed E-state index contributed by atoms with van der Waals surface area (Å²) in [5.74, 6) is 0.812. The summed E-state index contributed by atoms with van der Waals surface area (Å²) >= 11 is 0. The Morgan fingerprint density at radius 1 is 1.28 bits per heavy atom. The Hall–Kier alpha value is -2.50. The van der Waals surface area contributed by atoms with E-state index in [1.165, 1.54) is 12.1 Å². The molecular formula is C12H12N2O4. The van der Waals surface area contributed by atoms with Crippen molar-refractivity contribution in [3.05, 3.63) is 52.3 Å². The smallest absolute Gasteiger partial charge is 0.433 e. The molecule has 0 atom stereocenters. The molecule has 2 aromatic rings. The molecular weight excluding hydrogens is 236 g/mol. The lowest BCUT2D eigenvalue weighted by Crippen LogP contribution is -1.94. The second-order valence-corrected chi connectivity index (χ2v) is 3.56. The Kier molecular flexibility index (Phi) is 3.47. The van der Waals surface area contributed by atoms with Gasteiger partial charge in [-0.3, -0.25) is 10.1 Å². The molecule has 0 saturated heterocycles. The second-order valence-electron chi connectivity index (χ2n) is 3.56. The summed E-state index contributed by atoms with van der Waals surface area (Å²) in [5.41, 5.74) is 0.982. The molecule has 1 aromatic carbocycles. The van der Waals surface area contributed by atoms with Crippen LogP contribution in [0.25, 0.3) is 0 Å². The van der Waals surface area contributed by atoms with Gasteiger partial charge < -0.3 is 14.5 Å². The average Bonchev–Trinajstić information content (AvgIpc) is 2.86. The van der Waals surface area contributed by atoms with E-state index in [2.05, 4.69) is 5.32 Å². The molecule has 0 aliphatic rings. The first kappa shape index (κ1) is 12.0. The van der Waals surface area contributed by atoms with Crippen molar-refractivity contribution in [1.29, 1.82) is 0 Å². The molecule has 0 unspecified atom stereocenters. The van der Waals surface area contributed by atoms with Gasteiger partial charge in [-0.2, -0.15) is 0 Å². The van der Waals surface area contributed by atoms with Gasteiger partial charge in [0.15, 0.2) is 0 Å². The predicted molar refractivity (Wildman–Crippen MR) is 65.7 cm³/mol. The van der Waals surface area contributed by atoms with E-state index in [1.807, 2.05) is 31.3 Å². The van der Waals surface area contributed by atoms with Crippen molar-refractivity contribution in [3.8, 4) is 5.75 Å². The van der Waals surface area contributed by atoms with Crippen molar-refractivity contribution < 1.29 is 14.1 Å². The van der Waals surface area contributed by atoms with E-state index in [9.17, 15) is 10.1 Å². The van der Waals surface area contributed by atoms with E-state index in [0.29, 0.717) is 11.5 Å². The highest BCUT2D eigenvalue weighted by Crippen LogP contribution is 2.19. The van der Waals surface area contributed by atoms with Crippen LogP contribution in [0.15, 0.2) is 40.8 Å². The lowest BCUT2D eigenvalue weighted by Gasteiger charge is -2.05. The molecule has 0 aliphatic heterocycles. The third-order valence-corrected chi connectivity index (χ3v) is 2.35. The van der Waals surface area contributed by atoms with Crippen LogP contribution in [0.4, 0.5) is 11.6 Å². The summed E-state index contributed by atoms with van der Waals surface area (Å²) in [7, 11) is 1.83. The van der Waals surface area contributed by atoms with E-state index in [4.69, 9.17) is 9.15 Å². The van der Waals surface area contributed by atoms with Crippen LogP contribution in [0.2, 0.25) is 0 Å². The van der Waals surface area contributed by atoms with Gasteiger partial charge in [0.25, 0.3) is 0 Å². The lowest BCUT2D eigenvalue weighted by molar-refractivity contribution is -0.402. The molecule has 1 aromatic heterocycles. The fourth-order valence-corrected chi connectivity index (χ4v) is 1.41. The molecule has 0 fully saturated rings. The van der Waals surface area contributed by atoms with Gasteiger partial charge in [-0.1, -0.05) is 0 Å². The quantitative estimate of drug-likeness (QED) is 0.650. The van der Waals surface area contributed by atoms with Crippen LogP contribution in [0.5, 0.6) is 5.75 Å². The van der Waals surface area contributed by atoms with Crippen LogP contribution in [0.1, 0.15) is 5.76 Å². The summed E-state index contributed by atoms with van der Waals surface area (Å²) in [6.45, 7) is 0.159. The number of rotatable bonds is 5. The number of hydrogen-bond donors (Lipinski definition) is 1. The number of nitro groups is 1. The molecule has 0 spiro atoms. The van der Waals surface area contributed by atoms with Crippen molar-refractivity contribution in [2.24, 2.45) is 0 Å². The number of benzene rings is 1. The van der Waals surface area contributed by atoms with Gasteiger partial charge in [0.2, 0.25) is 0 Å². The van der Waals surface area contributed by atoms with Crippen LogP contribution in [0, 0.1) is 10.1 Å². The normalized spacial score (nSPS) is 10.1. The van der Waals surface area contributed by atoms with Gasteiger partial charge in [0.05, 0.1) is 6.07 Å². The number of hydrogen-bond acceptors (Lipinski definition) is 5. The van der Waals surface area contributed by atoms with Crippen LogP contribution in [-0.2, 0) is 6.61 Å². The number of nitrogens with zero attached hydrogens (tertiary/aromatic N) is 1. The minimum absolute atomic E-state index is 0.159. The first-order valence-corrected chi connectivity index (χ1v) is 5.33. The zero-order valence-electron chi connectivity index (χ0n) is 9.75. The standard InChI is InChI=1S/C12H12N2O4/c1-13-9-2-4-10(5-3-9)17-8-11-6-7-12(18-11)14(15)16/h2-7,13H,8H2,1H3. The van der Waals surface area contributed by atoms with Crippen LogP contribution in [0.3, 0.4) is 0 Å². The monoisotopic (exact) mass is 248 g/mol. The summed E-state index contributed by atoms with van der Waals surface area (Å²) in [6, 6.07) is 10.2. The molecule has 6 heteroatoms. The topological polar surface area (TPSA) is 77.5 Å². The number of nitrogens with one attached hydrogen (secondary N) is 1. The Morgan fingerprint density at radius 2 is 2.00 bits per heavy atom. The first-order valence-electron chi connectivity index (χ1n) is 5.33. The SMILES string of the molecule is CNc1ccc(OCc2ccc([N+](=O)[O-])o2)cc1. The van der Waals surface area contributed by atoms with Gasteiger partial charge in [-0.05, 0) is 30.3 Å². The molecule has 0 saturated carbocycles. The second kappa shape index (κ2) is 5.22. The van der Waals surface area contributed by atoms with Crippen LogP contribution < -0.4 is 10.1 Å². The first-order chi connectivity index (χ1) is 8.69. The Labute approximate surface area is 103 Å². The van der Waals surface area contributed by atoms with Gasteiger partial charge in [-0.15, -0.1) is 0 Å². The van der Waals surface area contributed by atoms with Gasteiger partial charge >= 0.3 is 5.88 Å². The molecule has 0 amide bonds. The summed E-state index contributed by atoms with van der Waals surface area (Å²) in [4.78, 5) is 9.84. The van der Waals surface area contributed by atoms with Crippen LogP contribution in [-0.4, -0.2) is 12.0 Å². The van der Waals surface area contributed by atoms with Gasteiger partial charge in [-0.25, -0.2) is 0 Å². The van der Waals surface area contributed by atoms with E-state index in [0.717, 1.165) is 5.69 Å². The van der Waals surface area contributed by atoms with Gasteiger partial charge in [0.1, 0.15) is 23.0 Å². The van der Waals surface area contributed by atoms with Crippen molar-refractivity contribution in [2.45, 2.75) is 6.61 Å². The van der Waals surface area contributed by atoms with Crippen molar-refractivity contribution in [3.63, 3.8) is 0 Å². The highest BCUT2D eigenvalue weighted by Gasteiger charge is 2.11. The molecule has 0 radical (unpaired) electrons. The lowest BCUT2D eigenvalue weighted by atomic mass is 10.3. The van der Waals surface area contributed by atoms with Crippen molar-refractivity contribution >= 4 is 11.6 Å². The number of ether oxygens (including phenoxy) is 1. The molecule has 0 bridgehead atoms. The van der Waals surface area contributed by atoms with E-state index >= 15 is 0 Å². The summed E-state index contributed by atoms with van der Waals surface area (Å²) in [6.07, 6.45) is 0.